The van der Waals surface area contributed by atoms with Gasteiger partial charge in [-0.3, -0.25) is 0 Å². The number of methoxy groups -OCH3 is 1. The predicted molar refractivity (Wildman–Crippen MR) is 82.3 cm³/mol. The Kier molecular flexibility index (Phi) is 7.01. The van der Waals surface area contributed by atoms with Crippen LogP contribution in [-0.4, -0.2) is 59.3 Å². The van der Waals surface area contributed by atoms with Crippen molar-refractivity contribution in [1.82, 2.24) is 9.88 Å². The Morgan fingerprint density at radius 3 is 2.39 bits per heavy atom. The van der Waals surface area contributed by atoms with Crippen molar-refractivity contribution in [3.63, 3.8) is 0 Å². The Bertz CT molecular complexity index is 601. The molecule has 0 spiro atoms. The van der Waals surface area contributed by atoms with Gasteiger partial charge in [0.2, 0.25) is 5.89 Å². The van der Waals surface area contributed by atoms with E-state index in [1.165, 1.54) is 0 Å². The molecule has 0 aromatic carbocycles. The molecule has 8 nitrogen and oxygen atoms in total. The summed E-state index contributed by atoms with van der Waals surface area (Å²) in [6, 6.07) is 0. The zero-order valence-corrected chi connectivity index (χ0v) is 13.3. The van der Waals surface area contributed by atoms with Crippen LogP contribution in [-0.2, 0) is 9.59 Å². The number of aromatic nitrogens is 1. The number of carboxylic acids is 2. The van der Waals surface area contributed by atoms with Gasteiger partial charge in [-0.1, -0.05) is 6.08 Å². The molecule has 0 saturated heterocycles. The van der Waals surface area contributed by atoms with Gasteiger partial charge in [-0.05, 0) is 20.4 Å². The third-order valence-corrected chi connectivity index (χ3v) is 2.92. The van der Waals surface area contributed by atoms with Crippen molar-refractivity contribution >= 4 is 17.5 Å². The van der Waals surface area contributed by atoms with Crippen LogP contribution in [0.4, 0.5) is 0 Å². The molecule has 0 aliphatic carbocycles. The highest BCUT2D eigenvalue weighted by Gasteiger charge is 2.17. The third-order valence-electron chi connectivity index (χ3n) is 2.92. The van der Waals surface area contributed by atoms with Crippen molar-refractivity contribution in [2.45, 2.75) is 13.3 Å². The maximum atomic E-state index is 9.55. The van der Waals surface area contributed by atoms with Crippen molar-refractivity contribution in [3.05, 3.63) is 29.8 Å². The molecule has 0 saturated carbocycles. The highest BCUT2D eigenvalue weighted by atomic mass is 16.6. The normalized spacial score (nSPS) is 14.8. The summed E-state index contributed by atoms with van der Waals surface area (Å²) in [5.41, 5.74) is 1.96. The van der Waals surface area contributed by atoms with Crippen LogP contribution in [0.15, 0.2) is 22.6 Å². The minimum absolute atomic E-state index is 0.513. The smallest absolute Gasteiger partial charge is 0.328 e. The predicted octanol–water partition coefficient (Wildman–Crippen LogP) is 1.42. The standard InChI is InChI=1S/C11H16N2O2.C4H4O4/c1-8-11(14-3)15-10(12-8)9-5-4-6-13(2)7-9;5-3(6)1-2-4(7)8/h5H,4,6-7H2,1-3H3;1-2H,(H,5,6)(H,7,8)/b;2-1-. The lowest BCUT2D eigenvalue weighted by atomic mass is 10.1. The molecule has 126 valence electrons. The number of rotatable bonds is 4. The van der Waals surface area contributed by atoms with E-state index < -0.39 is 11.9 Å². The Morgan fingerprint density at radius 2 is 1.96 bits per heavy atom. The largest absolute Gasteiger partial charge is 0.478 e. The second-order valence-electron chi connectivity index (χ2n) is 4.86. The summed E-state index contributed by atoms with van der Waals surface area (Å²) in [4.78, 5) is 25.7. The molecule has 1 aliphatic heterocycles. The van der Waals surface area contributed by atoms with E-state index in [0.29, 0.717) is 24.0 Å². The Hall–Kier alpha value is -2.61. The topological polar surface area (TPSA) is 113 Å². The van der Waals surface area contributed by atoms with Gasteiger partial charge in [0.25, 0.3) is 0 Å². The van der Waals surface area contributed by atoms with E-state index in [9.17, 15) is 9.59 Å². The van der Waals surface area contributed by atoms with Crippen LogP contribution >= 0.6 is 0 Å². The SMILES string of the molecule is COc1oc(C2=CCCN(C)C2)nc1C.O=C(O)/C=C\C(=O)O. The Labute approximate surface area is 133 Å². The van der Waals surface area contributed by atoms with Gasteiger partial charge in [-0.25, -0.2) is 14.6 Å². The number of aliphatic carboxylic acids is 2. The van der Waals surface area contributed by atoms with Crippen LogP contribution in [0, 0.1) is 6.92 Å². The zero-order valence-electron chi connectivity index (χ0n) is 13.3. The van der Waals surface area contributed by atoms with Crippen molar-refractivity contribution in [2.24, 2.45) is 0 Å². The van der Waals surface area contributed by atoms with E-state index in [1.54, 1.807) is 7.11 Å². The highest BCUT2D eigenvalue weighted by molar-refractivity contribution is 5.89. The van der Waals surface area contributed by atoms with Gasteiger partial charge in [0.15, 0.2) is 0 Å². The van der Waals surface area contributed by atoms with Gasteiger partial charge in [0.05, 0.1) is 7.11 Å². The van der Waals surface area contributed by atoms with Crippen LogP contribution in [0.5, 0.6) is 5.95 Å². The first-order valence-electron chi connectivity index (χ1n) is 6.86. The first-order valence-corrected chi connectivity index (χ1v) is 6.86. The number of carboxylic acid groups (broad SMARTS) is 2. The number of nitrogens with zero attached hydrogens (tertiary/aromatic N) is 2. The fourth-order valence-electron chi connectivity index (χ4n) is 1.90. The third kappa shape index (κ3) is 6.35. The van der Waals surface area contributed by atoms with E-state index in [4.69, 9.17) is 19.4 Å². The van der Waals surface area contributed by atoms with Crippen LogP contribution in [0.25, 0.3) is 5.57 Å². The summed E-state index contributed by atoms with van der Waals surface area (Å²) in [5, 5.41) is 15.6. The molecule has 23 heavy (non-hydrogen) atoms. The molecular weight excluding hydrogens is 304 g/mol. The fraction of sp³-hybridized carbons (Fsp3) is 0.400. The first-order chi connectivity index (χ1) is 10.8. The zero-order chi connectivity index (χ0) is 17.4. The van der Waals surface area contributed by atoms with E-state index in [2.05, 4.69) is 23.0 Å². The van der Waals surface area contributed by atoms with Crippen molar-refractivity contribution in [3.8, 4) is 5.95 Å². The minimum Gasteiger partial charge on any atom is -0.478 e. The van der Waals surface area contributed by atoms with Gasteiger partial charge in [-0.15, -0.1) is 0 Å². The number of ether oxygens (including phenoxy) is 1. The summed E-state index contributed by atoms with van der Waals surface area (Å²) < 4.78 is 10.6. The van der Waals surface area contributed by atoms with Crippen molar-refractivity contribution in [1.29, 1.82) is 0 Å². The lowest BCUT2D eigenvalue weighted by Crippen LogP contribution is -2.25. The molecule has 2 N–H and O–H groups in total. The van der Waals surface area contributed by atoms with Gasteiger partial charge in [0.1, 0.15) is 5.69 Å². The number of oxazole rings is 1. The van der Waals surface area contributed by atoms with Gasteiger partial charge in [0, 0.05) is 30.8 Å². The Morgan fingerprint density at radius 1 is 1.35 bits per heavy atom. The van der Waals surface area contributed by atoms with Crippen molar-refractivity contribution < 1.29 is 29.0 Å². The van der Waals surface area contributed by atoms with E-state index in [-0.39, 0.29) is 0 Å². The minimum atomic E-state index is -1.26. The number of likely N-dealkylation sites (N-methyl/N-ethyl adjacent to an activating group) is 1. The molecular formula is C15H20N2O6. The summed E-state index contributed by atoms with van der Waals surface area (Å²) in [6.45, 7) is 3.88. The molecule has 1 aromatic rings. The molecule has 0 atom stereocenters. The quantitative estimate of drug-likeness (QED) is 0.800. The van der Waals surface area contributed by atoms with E-state index in [0.717, 1.165) is 30.8 Å². The van der Waals surface area contributed by atoms with Crippen LogP contribution < -0.4 is 4.74 Å². The van der Waals surface area contributed by atoms with Crippen LogP contribution in [0.2, 0.25) is 0 Å². The molecule has 0 unspecified atom stereocenters. The van der Waals surface area contributed by atoms with Gasteiger partial charge < -0.3 is 24.3 Å². The van der Waals surface area contributed by atoms with E-state index in [1.807, 2.05) is 6.92 Å². The second-order valence-corrected chi connectivity index (χ2v) is 4.86. The number of hydrogen-bond acceptors (Lipinski definition) is 6. The maximum absolute atomic E-state index is 9.55. The summed E-state index contributed by atoms with van der Waals surface area (Å²) in [6.07, 6.45) is 4.35. The first kappa shape index (κ1) is 18.4. The molecule has 0 radical (unpaired) electrons. The molecule has 2 rings (SSSR count). The number of aryl methyl sites for hydroxylation is 1. The molecule has 8 heteroatoms. The van der Waals surface area contributed by atoms with Gasteiger partial charge in [-0.2, -0.15) is 0 Å². The highest BCUT2D eigenvalue weighted by Crippen LogP contribution is 2.25. The van der Waals surface area contributed by atoms with Gasteiger partial charge >= 0.3 is 17.9 Å². The lowest BCUT2D eigenvalue weighted by molar-refractivity contribution is -0.134. The summed E-state index contributed by atoms with van der Waals surface area (Å²) >= 11 is 0. The monoisotopic (exact) mass is 324 g/mol. The molecule has 0 fully saturated rings. The molecule has 2 heterocycles. The number of carbonyl (C=O) groups is 2. The maximum Gasteiger partial charge on any atom is 0.328 e. The number of hydrogen-bond donors (Lipinski definition) is 2. The Balaban J connectivity index is 0.000000284. The summed E-state index contributed by atoms with van der Waals surface area (Å²) in [7, 11) is 3.69. The molecule has 0 bridgehead atoms. The lowest BCUT2D eigenvalue weighted by Gasteiger charge is -2.20. The molecule has 0 amide bonds. The average molecular weight is 324 g/mol. The fourth-order valence-corrected chi connectivity index (χ4v) is 1.90. The van der Waals surface area contributed by atoms with E-state index >= 15 is 0 Å². The second kappa shape index (κ2) is 8.74. The van der Waals surface area contributed by atoms with Crippen molar-refractivity contribution in [2.75, 3.05) is 27.2 Å². The molecule has 1 aliphatic rings. The average Bonchev–Trinajstić information content (AvgIpc) is 2.87. The van der Waals surface area contributed by atoms with Crippen LogP contribution in [0.1, 0.15) is 18.0 Å². The summed E-state index contributed by atoms with van der Waals surface area (Å²) in [5.74, 6) is -1.31. The van der Waals surface area contributed by atoms with Crippen LogP contribution in [0.3, 0.4) is 0 Å². The molecule has 1 aromatic heterocycles.